The molecular weight excluding hydrogens is 328 g/mol. The molecule has 0 saturated heterocycles. The van der Waals surface area contributed by atoms with Crippen LogP contribution < -0.4 is 0 Å². The smallest absolute Gasteiger partial charge is 0.170 e. The minimum absolute atomic E-state index is 0.113. The molecule has 1 unspecified atom stereocenters. The van der Waals surface area contributed by atoms with Gasteiger partial charge in [-0.3, -0.25) is 4.79 Å². The summed E-state index contributed by atoms with van der Waals surface area (Å²) >= 11 is 9.37. The summed E-state index contributed by atoms with van der Waals surface area (Å²) in [6.45, 7) is 0. The molecule has 0 fully saturated rings. The lowest BCUT2D eigenvalue weighted by Crippen LogP contribution is -2.14. The van der Waals surface area contributed by atoms with E-state index in [9.17, 15) is 9.90 Å². The number of carbonyl (C=O) groups is 1. The average molecular weight is 340 g/mol. The van der Waals surface area contributed by atoms with Gasteiger partial charge in [0.05, 0.1) is 0 Å². The van der Waals surface area contributed by atoms with Crippen LogP contribution in [0.2, 0.25) is 5.02 Å². The largest absolute Gasteiger partial charge is 0.381 e. The Labute approximate surface area is 125 Å². The van der Waals surface area contributed by atoms with Crippen LogP contribution in [0.3, 0.4) is 0 Å². The van der Waals surface area contributed by atoms with Crippen LogP contribution in [0.5, 0.6) is 0 Å². The summed E-state index contributed by atoms with van der Waals surface area (Å²) in [5, 5.41) is 10.5. The Balaban J connectivity index is 2.13. The van der Waals surface area contributed by atoms with Crippen LogP contribution in [-0.2, 0) is 11.2 Å². The van der Waals surface area contributed by atoms with E-state index in [0.29, 0.717) is 16.1 Å². The van der Waals surface area contributed by atoms with Crippen LogP contribution in [0.1, 0.15) is 17.2 Å². The van der Waals surface area contributed by atoms with Crippen LogP contribution in [0, 0.1) is 0 Å². The van der Waals surface area contributed by atoms with Gasteiger partial charge in [0.1, 0.15) is 6.10 Å². The summed E-state index contributed by atoms with van der Waals surface area (Å²) in [5.74, 6) is -0.268. The molecule has 0 saturated carbocycles. The maximum absolute atomic E-state index is 12.0. The van der Waals surface area contributed by atoms with Crippen molar-refractivity contribution in [3.8, 4) is 0 Å². The van der Waals surface area contributed by atoms with Gasteiger partial charge in [-0.1, -0.05) is 63.9 Å². The summed E-state index contributed by atoms with van der Waals surface area (Å²) in [4.78, 5) is 12.0. The van der Waals surface area contributed by atoms with Gasteiger partial charge in [-0.2, -0.15) is 0 Å². The van der Waals surface area contributed by atoms with Crippen LogP contribution in [0.25, 0.3) is 0 Å². The average Bonchev–Trinajstić information content (AvgIpc) is 2.42. The van der Waals surface area contributed by atoms with Crippen LogP contribution >= 0.6 is 27.5 Å². The molecule has 19 heavy (non-hydrogen) atoms. The zero-order valence-corrected chi connectivity index (χ0v) is 12.4. The van der Waals surface area contributed by atoms with Gasteiger partial charge in [0.25, 0.3) is 0 Å². The molecule has 0 aliphatic rings. The van der Waals surface area contributed by atoms with Gasteiger partial charge in [-0.25, -0.2) is 0 Å². The van der Waals surface area contributed by atoms with E-state index in [-0.39, 0.29) is 12.2 Å². The van der Waals surface area contributed by atoms with Crippen molar-refractivity contribution in [2.75, 3.05) is 0 Å². The predicted octanol–water partition coefficient (Wildman–Crippen LogP) is 3.95. The third-order valence-corrected chi connectivity index (χ3v) is 3.65. The summed E-state index contributed by atoms with van der Waals surface area (Å²) < 4.78 is 0.859. The molecule has 0 aliphatic heterocycles. The summed E-state index contributed by atoms with van der Waals surface area (Å²) in [5.41, 5.74) is 1.31. The number of aliphatic hydroxyl groups is 1. The van der Waals surface area contributed by atoms with Gasteiger partial charge in [0, 0.05) is 15.9 Å². The van der Waals surface area contributed by atoms with Gasteiger partial charge in [-0.05, 0) is 23.3 Å². The molecule has 1 atom stereocenters. The van der Waals surface area contributed by atoms with Crippen molar-refractivity contribution in [2.24, 2.45) is 0 Å². The molecule has 1 N–H and O–H groups in total. The minimum Gasteiger partial charge on any atom is -0.381 e. The third-order valence-electron chi connectivity index (χ3n) is 2.80. The quantitative estimate of drug-likeness (QED) is 0.916. The molecule has 2 nitrogen and oxygen atoms in total. The first-order valence-electron chi connectivity index (χ1n) is 5.77. The van der Waals surface area contributed by atoms with Crippen molar-refractivity contribution < 1.29 is 9.90 Å². The first kappa shape index (κ1) is 14.3. The van der Waals surface area contributed by atoms with Crippen molar-refractivity contribution in [1.29, 1.82) is 0 Å². The Kier molecular flexibility index (Phi) is 4.75. The Morgan fingerprint density at radius 1 is 1.21 bits per heavy atom. The maximum Gasteiger partial charge on any atom is 0.170 e. The summed E-state index contributed by atoms with van der Waals surface area (Å²) in [7, 11) is 0. The number of benzene rings is 2. The van der Waals surface area contributed by atoms with E-state index >= 15 is 0 Å². The van der Waals surface area contributed by atoms with E-state index in [2.05, 4.69) is 15.9 Å². The molecule has 2 rings (SSSR count). The molecule has 0 aliphatic carbocycles. The van der Waals surface area contributed by atoms with E-state index < -0.39 is 6.10 Å². The second-order valence-electron chi connectivity index (χ2n) is 4.19. The van der Waals surface area contributed by atoms with Crippen LogP contribution in [-0.4, -0.2) is 10.9 Å². The number of hydrogen-bond donors (Lipinski definition) is 1. The zero-order chi connectivity index (χ0) is 13.8. The number of halogens is 2. The van der Waals surface area contributed by atoms with Crippen molar-refractivity contribution in [3.05, 3.63) is 69.2 Å². The highest BCUT2D eigenvalue weighted by Gasteiger charge is 2.18. The first-order valence-corrected chi connectivity index (χ1v) is 6.94. The molecule has 4 heteroatoms. The topological polar surface area (TPSA) is 37.3 Å². The molecular formula is C15H12BrClO2. The lowest BCUT2D eigenvalue weighted by molar-refractivity contribution is -0.126. The lowest BCUT2D eigenvalue weighted by Gasteiger charge is -2.10. The Morgan fingerprint density at radius 3 is 2.53 bits per heavy atom. The number of hydrogen-bond acceptors (Lipinski definition) is 2. The third kappa shape index (κ3) is 3.66. The van der Waals surface area contributed by atoms with Crippen LogP contribution in [0.15, 0.2) is 53.0 Å². The number of rotatable bonds is 4. The van der Waals surface area contributed by atoms with E-state index in [4.69, 9.17) is 11.6 Å². The van der Waals surface area contributed by atoms with Gasteiger partial charge < -0.3 is 5.11 Å². The predicted molar refractivity (Wildman–Crippen MR) is 79.3 cm³/mol. The number of Topliss-reactive ketones (excluding diaryl/α,β-unsaturated/α-hetero) is 1. The van der Waals surface area contributed by atoms with Crippen molar-refractivity contribution >= 4 is 33.3 Å². The van der Waals surface area contributed by atoms with Crippen molar-refractivity contribution in [2.45, 2.75) is 12.5 Å². The molecule has 2 aromatic rings. The molecule has 98 valence electrons. The van der Waals surface area contributed by atoms with E-state index in [0.717, 1.165) is 4.47 Å². The molecule has 0 bridgehead atoms. The van der Waals surface area contributed by atoms with Gasteiger partial charge in [0.2, 0.25) is 0 Å². The molecule has 0 radical (unpaired) electrons. The highest BCUT2D eigenvalue weighted by atomic mass is 79.9. The molecule has 2 aromatic carbocycles. The Hall–Kier alpha value is -1.16. The minimum atomic E-state index is -1.11. The van der Waals surface area contributed by atoms with E-state index in [1.54, 1.807) is 36.4 Å². The fourth-order valence-corrected chi connectivity index (χ4v) is 2.51. The highest BCUT2D eigenvalue weighted by Crippen LogP contribution is 2.24. The second kappa shape index (κ2) is 6.33. The van der Waals surface area contributed by atoms with Crippen molar-refractivity contribution in [1.82, 2.24) is 0 Å². The van der Waals surface area contributed by atoms with Crippen molar-refractivity contribution in [3.63, 3.8) is 0 Å². The molecule has 0 spiro atoms. The standard InChI is InChI=1S/C15H12BrClO2/c16-12-7-6-11(13(17)9-12)8-14(18)15(19)10-4-2-1-3-5-10/h1-7,9,15,19H,8H2. The summed E-state index contributed by atoms with van der Waals surface area (Å²) in [6, 6.07) is 14.2. The Morgan fingerprint density at radius 2 is 1.89 bits per heavy atom. The van der Waals surface area contributed by atoms with Gasteiger partial charge in [-0.15, -0.1) is 0 Å². The molecule has 0 aromatic heterocycles. The van der Waals surface area contributed by atoms with E-state index in [1.807, 2.05) is 12.1 Å². The molecule has 0 heterocycles. The zero-order valence-electron chi connectivity index (χ0n) is 10.0. The maximum atomic E-state index is 12.0. The number of aliphatic hydroxyl groups excluding tert-OH is 1. The Bertz CT molecular complexity index is 584. The fraction of sp³-hybridized carbons (Fsp3) is 0.133. The van der Waals surface area contributed by atoms with E-state index in [1.165, 1.54) is 0 Å². The SMILES string of the molecule is O=C(Cc1ccc(Br)cc1Cl)C(O)c1ccccc1. The number of ketones is 1. The lowest BCUT2D eigenvalue weighted by atomic mass is 10.00. The normalized spacial score (nSPS) is 12.2. The highest BCUT2D eigenvalue weighted by molar-refractivity contribution is 9.10. The molecule has 0 amide bonds. The van der Waals surface area contributed by atoms with Crippen LogP contribution in [0.4, 0.5) is 0 Å². The van der Waals surface area contributed by atoms with Gasteiger partial charge >= 0.3 is 0 Å². The van der Waals surface area contributed by atoms with Gasteiger partial charge in [0.15, 0.2) is 5.78 Å². The fourth-order valence-electron chi connectivity index (χ4n) is 1.77. The summed E-state index contributed by atoms with van der Waals surface area (Å²) in [6.07, 6.45) is -0.997. The monoisotopic (exact) mass is 338 g/mol. The number of carbonyl (C=O) groups excluding carboxylic acids is 1. The second-order valence-corrected chi connectivity index (χ2v) is 5.51. The first-order chi connectivity index (χ1) is 9.08.